The van der Waals surface area contributed by atoms with Crippen molar-refractivity contribution in [3.05, 3.63) is 48.3 Å². The van der Waals surface area contributed by atoms with Crippen LogP contribution in [0.5, 0.6) is 11.6 Å². The Labute approximate surface area is 282 Å². The van der Waals surface area contributed by atoms with Gasteiger partial charge >= 0.3 is 0 Å². The minimum absolute atomic E-state index is 0.233. The molecule has 4 saturated heterocycles. The van der Waals surface area contributed by atoms with Gasteiger partial charge in [0.05, 0.1) is 24.6 Å². The Morgan fingerprint density at radius 3 is 2.46 bits per heavy atom. The highest BCUT2D eigenvalue weighted by molar-refractivity contribution is 5.74. The molecule has 2 aliphatic carbocycles. The zero-order chi connectivity index (χ0) is 32.5. The van der Waals surface area contributed by atoms with Crippen molar-refractivity contribution in [1.82, 2.24) is 35.2 Å². The summed E-state index contributed by atoms with van der Waals surface area (Å²) in [6.07, 6.45) is 14.7. The number of nitrogens with zero attached hydrogens (tertiary/aromatic N) is 8. The molecule has 0 bridgehead atoms. The summed E-state index contributed by atoms with van der Waals surface area (Å²) < 4.78 is 27.0. The van der Waals surface area contributed by atoms with Crippen LogP contribution in [0.2, 0.25) is 0 Å². The van der Waals surface area contributed by atoms with Gasteiger partial charge in [0, 0.05) is 67.9 Å². The van der Waals surface area contributed by atoms with E-state index in [2.05, 4.69) is 53.9 Å². The summed E-state index contributed by atoms with van der Waals surface area (Å²) in [6, 6.07) is 5.99. The molecule has 0 amide bonds. The van der Waals surface area contributed by atoms with E-state index in [0.29, 0.717) is 40.9 Å². The highest BCUT2D eigenvalue weighted by Crippen LogP contribution is 2.50. The smallest absolute Gasteiger partial charge is 0.282 e. The van der Waals surface area contributed by atoms with Crippen LogP contribution in [-0.2, 0) is 4.74 Å². The van der Waals surface area contributed by atoms with Crippen LogP contribution in [0.15, 0.2) is 36.9 Å². The molecule has 6 aliphatic rings. The highest BCUT2D eigenvalue weighted by Gasteiger charge is 2.53. The van der Waals surface area contributed by atoms with Gasteiger partial charge in [-0.05, 0) is 92.9 Å². The molecule has 3 aromatic rings. The van der Waals surface area contributed by atoms with Gasteiger partial charge in [-0.15, -0.1) is 10.2 Å². The van der Waals surface area contributed by atoms with Crippen molar-refractivity contribution in [2.45, 2.75) is 88.8 Å². The largest absolute Gasteiger partial charge is 0.434 e. The molecule has 2 spiro atoms. The summed E-state index contributed by atoms with van der Waals surface area (Å²) in [5.41, 5.74) is 3.06. The summed E-state index contributed by atoms with van der Waals surface area (Å²) in [7, 11) is 0. The molecule has 6 fully saturated rings. The van der Waals surface area contributed by atoms with Crippen molar-refractivity contribution in [2.75, 3.05) is 50.8 Å². The fourth-order valence-electron chi connectivity index (χ4n) is 9.68. The van der Waals surface area contributed by atoms with Crippen molar-refractivity contribution >= 4 is 5.82 Å². The maximum Gasteiger partial charge on any atom is 0.282 e. The maximum absolute atomic E-state index is 14.6. The predicted molar refractivity (Wildman–Crippen MR) is 179 cm³/mol. The lowest BCUT2D eigenvalue weighted by atomic mass is 9.67. The number of hydrogen-bond donors (Lipinski definition) is 0. The molecule has 6 heterocycles. The number of rotatable bonds is 9. The van der Waals surface area contributed by atoms with Gasteiger partial charge in [0.25, 0.3) is 5.88 Å². The highest BCUT2D eigenvalue weighted by atomic mass is 19.1. The van der Waals surface area contributed by atoms with Gasteiger partial charge in [-0.2, -0.15) is 10.2 Å². The number of aromatic nitrogens is 5. The Bertz CT molecular complexity index is 1640. The predicted octanol–water partition coefficient (Wildman–Crippen LogP) is 5.71. The minimum atomic E-state index is -0.329. The molecular formula is C37H47FN8O2. The molecule has 1 aromatic carbocycles. The van der Waals surface area contributed by atoms with Crippen LogP contribution in [0.25, 0.3) is 11.1 Å². The van der Waals surface area contributed by atoms with E-state index < -0.39 is 0 Å². The number of hydrogen-bond acceptors (Lipinski definition) is 10. The Hall–Kier alpha value is -3.28. The molecule has 2 saturated carbocycles. The fourth-order valence-corrected chi connectivity index (χ4v) is 9.68. The van der Waals surface area contributed by atoms with Crippen molar-refractivity contribution in [3.63, 3.8) is 0 Å². The fraction of sp³-hybridized carbons (Fsp3) is 0.649. The monoisotopic (exact) mass is 654 g/mol. The summed E-state index contributed by atoms with van der Waals surface area (Å²) in [4.78, 5) is 12.5. The first-order valence-electron chi connectivity index (χ1n) is 18.2. The van der Waals surface area contributed by atoms with Crippen LogP contribution in [0.3, 0.4) is 0 Å². The lowest BCUT2D eigenvalue weighted by molar-refractivity contribution is -0.179. The lowest BCUT2D eigenvalue weighted by Gasteiger charge is -2.58. The van der Waals surface area contributed by atoms with E-state index in [1.165, 1.54) is 63.7 Å². The van der Waals surface area contributed by atoms with Crippen molar-refractivity contribution in [1.29, 1.82) is 0 Å². The van der Waals surface area contributed by atoms with Crippen LogP contribution in [0, 0.1) is 23.1 Å². The average Bonchev–Trinajstić information content (AvgIpc) is 3.80. The molecule has 2 aromatic heterocycles. The Morgan fingerprint density at radius 1 is 0.938 bits per heavy atom. The SMILES string of the molecule is CC(C)[C@H](C1CC(N2CCC3(CCO3)CC2)C1)N1CC2(CCN(c3ncnnc3Oc3ccc(F)cc3-c3cnncc3C3CC3)C2)C1. The lowest BCUT2D eigenvalue weighted by Crippen LogP contribution is -2.66. The first kappa shape index (κ1) is 30.8. The molecule has 10 nitrogen and oxygen atoms in total. The minimum Gasteiger partial charge on any atom is -0.434 e. The third-order valence-electron chi connectivity index (χ3n) is 12.5. The number of likely N-dealkylation sites (tertiary alicyclic amines) is 2. The second-order valence-electron chi connectivity index (χ2n) is 16.0. The Balaban J connectivity index is 0.856. The van der Waals surface area contributed by atoms with Gasteiger partial charge in [0.1, 0.15) is 17.9 Å². The molecule has 48 heavy (non-hydrogen) atoms. The summed E-state index contributed by atoms with van der Waals surface area (Å²) in [6.45, 7) is 12.3. The van der Waals surface area contributed by atoms with Crippen LogP contribution in [0.4, 0.5) is 10.2 Å². The second kappa shape index (κ2) is 11.9. The van der Waals surface area contributed by atoms with Gasteiger partial charge in [-0.3, -0.25) is 4.90 Å². The third kappa shape index (κ3) is 5.55. The zero-order valence-corrected chi connectivity index (χ0v) is 28.2. The summed E-state index contributed by atoms with van der Waals surface area (Å²) in [5.74, 6) is 3.08. The van der Waals surface area contributed by atoms with Crippen molar-refractivity contribution < 1.29 is 13.9 Å². The van der Waals surface area contributed by atoms with E-state index in [9.17, 15) is 4.39 Å². The summed E-state index contributed by atoms with van der Waals surface area (Å²) >= 11 is 0. The molecule has 0 N–H and O–H groups in total. The van der Waals surface area contributed by atoms with Gasteiger partial charge in [0.15, 0.2) is 5.82 Å². The number of piperidine rings is 1. The van der Waals surface area contributed by atoms with Crippen molar-refractivity contribution in [3.8, 4) is 22.8 Å². The van der Waals surface area contributed by atoms with Gasteiger partial charge in [0.2, 0.25) is 0 Å². The van der Waals surface area contributed by atoms with Crippen LogP contribution >= 0.6 is 0 Å². The number of ether oxygens (including phenoxy) is 2. The molecule has 4 aliphatic heterocycles. The van der Waals surface area contributed by atoms with Gasteiger partial charge < -0.3 is 19.3 Å². The van der Waals surface area contributed by atoms with E-state index in [4.69, 9.17) is 9.47 Å². The molecule has 1 atom stereocenters. The van der Waals surface area contributed by atoms with Gasteiger partial charge in [-0.25, -0.2) is 9.37 Å². The molecule has 0 radical (unpaired) electrons. The Kier molecular flexibility index (Phi) is 7.66. The molecular weight excluding hydrogens is 607 g/mol. The summed E-state index contributed by atoms with van der Waals surface area (Å²) in [5, 5.41) is 16.7. The first-order chi connectivity index (χ1) is 23.4. The molecule has 11 heteroatoms. The van der Waals surface area contributed by atoms with Crippen molar-refractivity contribution in [2.24, 2.45) is 17.3 Å². The standard InChI is InChI=1S/C37H47FN8O2/c1-24(2)33(26-15-28(16-26)44-12-8-37(9-13-44)10-14-47-37)46-21-36(22-46)7-11-45(20-36)34-35(43-42-23-39-34)48-32-6-5-27(38)17-29(32)31-19-41-40-18-30(31)25-3-4-25/h5-6,17-19,23-26,28,33H,3-4,7-16,20-22H2,1-2H3/t26?,28?,33-/m1/s1. The quantitative estimate of drug-likeness (QED) is 0.286. The number of halogens is 1. The topological polar surface area (TPSA) is 92.6 Å². The van der Waals surface area contributed by atoms with Crippen LogP contribution < -0.4 is 9.64 Å². The van der Waals surface area contributed by atoms with E-state index in [-0.39, 0.29) is 16.8 Å². The van der Waals surface area contributed by atoms with Gasteiger partial charge in [-0.1, -0.05) is 13.8 Å². The number of benzene rings is 1. The van der Waals surface area contributed by atoms with E-state index in [1.54, 1.807) is 18.5 Å². The van der Waals surface area contributed by atoms with E-state index >= 15 is 0 Å². The van der Waals surface area contributed by atoms with Crippen LogP contribution in [0.1, 0.15) is 76.7 Å². The second-order valence-corrected chi connectivity index (χ2v) is 16.0. The van der Waals surface area contributed by atoms with E-state index in [0.717, 1.165) is 75.1 Å². The number of anilines is 1. The molecule has 254 valence electrons. The van der Waals surface area contributed by atoms with E-state index in [1.807, 2.05) is 0 Å². The average molecular weight is 655 g/mol. The zero-order valence-electron chi connectivity index (χ0n) is 28.2. The maximum atomic E-state index is 14.6. The normalized spacial score (nSPS) is 27.1. The Morgan fingerprint density at radius 2 is 1.73 bits per heavy atom. The first-order valence-corrected chi connectivity index (χ1v) is 18.2. The van der Waals surface area contributed by atoms with Crippen LogP contribution in [-0.4, -0.2) is 98.7 Å². The third-order valence-corrected chi connectivity index (χ3v) is 12.5. The molecule has 0 unspecified atom stereocenters. The molecule has 9 rings (SSSR count).